The molecule has 144 valence electrons. The number of para-hydroxylation sites is 2. The molecule has 0 bridgehead atoms. The fourth-order valence-corrected chi connectivity index (χ4v) is 3.70. The highest BCUT2D eigenvalue weighted by atomic mass is 16.5. The predicted molar refractivity (Wildman–Crippen MR) is 103 cm³/mol. The monoisotopic (exact) mass is 370 g/mol. The van der Waals surface area contributed by atoms with Crippen molar-refractivity contribution in [2.75, 3.05) is 18.6 Å². The van der Waals surface area contributed by atoms with Crippen LogP contribution in [0.4, 0.5) is 5.69 Å². The Morgan fingerprint density at radius 3 is 2.74 bits per heavy atom. The highest BCUT2D eigenvalue weighted by molar-refractivity contribution is 5.98. The second-order valence-corrected chi connectivity index (χ2v) is 6.81. The summed E-state index contributed by atoms with van der Waals surface area (Å²) >= 11 is 0. The molecule has 1 atom stereocenters. The molecule has 1 aliphatic rings. The van der Waals surface area contributed by atoms with Gasteiger partial charge in [0.25, 0.3) is 0 Å². The van der Waals surface area contributed by atoms with E-state index in [-0.39, 0.29) is 30.8 Å². The Labute approximate surface area is 159 Å². The lowest BCUT2D eigenvalue weighted by atomic mass is 10.1. The number of carbonyl (C=O) groups is 2. The number of hydrogen-bond acceptors (Lipinski definition) is 4. The normalized spacial score (nSPS) is 16.7. The van der Waals surface area contributed by atoms with Gasteiger partial charge in [-0.1, -0.05) is 19.1 Å². The first kappa shape index (κ1) is 18.9. The SMILES string of the molecule is CCc1c(C)nn(CC(=O)NC2CC(=O)N(c3ccccc3OC)C2)c1C. The Morgan fingerprint density at radius 1 is 1.33 bits per heavy atom. The zero-order valence-electron chi connectivity index (χ0n) is 16.3. The van der Waals surface area contributed by atoms with Gasteiger partial charge in [-0.3, -0.25) is 14.3 Å². The predicted octanol–water partition coefficient (Wildman–Crippen LogP) is 1.99. The van der Waals surface area contributed by atoms with Crippen molar-refractivity contribution in [2.45, 2.75) is 46.2 Å². The van der Waals surface area contributed by atoms with Crippen molar-refractivity contribution in [1.82, 2.24) is 15.1 Å². The molecule has 1 N–H and O–H groups in total. The van der Waals surface area contributed by atoms with Crippen LogP contribution in [0.3, 0.4) is 0 Å². The molecule has 0 spiro atoms. The summed E-state index contributed by atoms with van der Waals surface area (Å²) in [7, 11) is 1.58. The first-order valence-electron chi connectivity index (χ1n) is 9.20. The number of nitrogens with zero attached hydrogens (tertiary/aromatic N) is 3. The molecule has 27 heavy (non-hydrogen) atoms. The molecule has 1 aromatic carbocycles. The van der Waals surface area contributed by atoms with Crippen molar-refractivity contribution in [2.24, 2.45) is 0 Å². The lowest BCUT2D eigenvalue weighted by Crippen LogP contribution is -2.39. The number of ether oxygens (including phenoxy) is 1. The number of amides is 2. The van der Waals surface area contributed by atoms with Crippen LogP contribution < -0.4 is 15.0 Å². The molecule has 0 radical (unpaired) electrons. The van der Waals surface area contributed by atoms with E-state index in [1.165, 1.54) is 5.56 Å². The summed E-state index contributed by atoms with van der Waals surface area (Å²) in [5, 5.41) is 7.42. The highest BCUT2D eigenvalue weighted by Crippen LogP contribution is 2.31. The Hall–Kier alpha value is -2.83. The van der Waals surface area contributed by atoms with E-state index in [4.69, 9.17) is 4.74 Å². The Balaban J connectivity index is 1.65. The minimum atomic E-state index is -0.225. The van der Waals surface area contributed by atoms with Crippen molar-refractivity contribution >= 4 is 17.5 Å². The van der Waals surface area contributed by atoms with E-state index in [1.807, 2.05) is 38.1 Å². The molecule has 2 heterocycles. The number of rotatable bonds is 6. The zero-order valence-corrected chi connectivity index (χ0v) is 16.3. The summed E-state index contributed by atoms with van der Waals surface area (Å²) < 4.78 is 7.08. The molecule has 1 unspecified atom stereocenters. The summed E-state index contributed by atoms with van der Waals surface area (Å²) in [5.74, 6) is 0.486. The smallest absolute Gasteiger partial charge is 0.242 e. The average Bonchev–Trinajstić information content (AvgIpc) is 3.13. The van der Waals surface area contributed by atoms with Crippen molar-refractivity contribution < 1.29 is 14.3 Å². The molecule has 7 heteroatoms. The maximum atomic E-state index is 12.5. The van der Waals surface area contributed by atoms with Crippen LogP contribution in [-0.2, 0) is 22.6 Å². The van der Waals surface area contributed by atoms with Crippen LogP contribution in [0, 0.1) is 13.8 Å². The average molecular weight is 370 g/mol. The van der Waals surface area contributed by atoms with Gasteiger partial charge < -0.3 is 15.0 Å². The van der Waals surface area contributed by atoms with Crippen LogP contribution in [-0.4, -0.2) is 41.3 Å². The maximum absolute atomic E-state index is 12.5. The number of hydrogen-bond donors (Lipinski definition) is 1. The van der Waals surface area contributed by atoms with Crippen molar-refractivity contribution in [1.29, 1.82) is 0 Å². The molecular formula is C20H26N4O3. The van der Waals surface area contributed by atoms with E-state index in [0.717, 1.165) is 23.5 Å². The molecular weight excluding hydrogens is 344 g/mol. The Kier molecular flexibility index (Phi) is 5.48. The number of aromatic nitrogens is 2. The number of benzene rings is 1. The Morgan fingerprint density at radius 2 is 2.07 bits per heavy atom. The fourth-order valence-electron chi connectivity index (χ4n) is 3.70. The second kappa shape index (κ2) is 7.82. The van der Waals surface area contributed by atoms with Crippen LogP contribution >= 0.6 is 0 Å². The summed E-state index contributed by atoms with van der Waals surface area (Å²) in [4.78, 5) is 26.6. The minimum Gasteiger partial charge on any atom is -0.495 e. The molecule has 1 aliphatic heterocycles. The number of aryl methyl sites for hydroxylation is 1. The van der Waals surface area contributed by atoms with Gasteiger partial charge in [0.1, 0.15) is 12.3 Å². The molecule has 1 fully saturated rings. The third-order valence-corrected chi connectivity index (χ3v) is 5.04. The number of nitrogens with one attached hydrogen (secondary N) is 1. The molecule has 7 nitrogen and oxygen atoms in total. The molecule has 2 aromatic rings. The van der Waals surface area contributed by atoms with E-state index in [1.54, 1.807) is 16.7 Å². The lowest BCUT2D eigenvalue weighted by molar-refractivity contribution is -0.122. The van der Waals surface area contributed by atoms with E-state index in [9.17, 15) is 9.59 Å². The van der Waals surface area contributed by atoms with Gasteiger partial charge in [0.05, 0.1) is 24.5 Å². The van der Waals surface area contributed by atoms with Crippen molar-refractivity contribution in [3.8, 4) is 5.75 Å². The first-order chi connectivity index (χ1) is 12.9. The highest BCUT2D eigenvalue weighted by Gasteiger charge is 2.33. The molecule has 3 rings (SSSR count). The van der Waals surface area contributed by atoms with Gasteiger partial charge in [0, 0.05) is 18.7 Å². The minimum absolute atomic E-state index is 0.0239. The van der Waals surface area contributed by atoms with Crippen LogP contribution in [0.2, 0.25) is 0 Å². The van der Waals surface area contributed by atoms with Gasteiger partial charge in [-0.25, -0.2) is 0 Å². The molecule has 2 amide bonds. The van der Waals surface area contributed by atoms with Crippen LogP contribution in [0.25, 0.3) is 0 Å². The first-order valence-corrected chi connectivity index (χ1v) is 9.20. The lowest BCUT2D eigenvalue weighted by Gasteiger charge is -2.19. The quantitative estimate of drug-likeness (QED) is 0.844. The van der Waals surface area contributed by atoms with Crippen molar-refractivity contribution in [3.05, 3.63) is 41.2 Å². The van der Waals surface area contributed by atoms with Gasteiger partial charge >= 0.3 is 0 Å². The third-order valence-electron chi connectivity index (χ3n) is 5.04. The standard InChI is InChI=1S/C20H26N4O3/c1-5-16-13(2)22-24(14(16)3)12-19(25)21-15-10-20(26)23(11-15)17-8-6-7-9-18(17)27-4/h6-9,15H,5,10-12H2,1-4H3,(H,21,25). The number of methoxy groups -OCH3 is 1. The van der Waals surface area contributed by atoms with Gasteiger partial charge in [-0.2, -0.15) is 5.10 Å². The third kappa shape index (κ3) is 3.82. The van der Waals surface area contributed by atoms with Gasteiger partial charge in [0.2, 0.25) is 11.8 Å². The van der Waals surface area contributed by atoms with Crippen LogP contribution in [0.15, 0.2) is 24.3 Å². The largest absolute Gasteiger partial charge is 0.495 e. The summed E-state index contributed by atoms with van der Waals surface area (Å²) in [6.45, 7) is 6.61. The summed E-state index contributed by atoms with van der Waals surface area (Å²) in [6, 6.07) is 7.18. The van der Waals surface area contributed by atoms with Crippen LogP contribution in [0.1, 0.15) is 30.3 Å². The summed E-state index contributed by atoms with van der Waals surface area (Å²) in [5.41, 5.74) is 3.89. The molecule has 1 aromatic heterocycles. The fraction of sp³-hybridized carbons (Fsp3) is 0.450. The van der Waals surface area contributed by atoms with E-state index < -0.39 is 0 Å². The number of anilines is 1. The summed E-state index contributed by atoms with van der Waals surface area (Å²) in [6.07, 6.45) is 1.17. The van der Waals surface area contributed by atoms with Gasteiger partial charge in [-0.15, -0.1) is 0 Å². The van der Waals surface area contributed by atoms with Crippen molar-refractivity contribution in [3.63, 3.8) is 0 Å². The van der Waals surface area contributed by atoms with Gasteiger partial charge in [-0.05, 0) is 38.0 Å². The Bertz CT molecular complexity index is 859. The molecule has 0 aliphatic carbocycles. The van der Waals surface area contributed by atoms with E-state index >= 15 is 0 Å². The van der Waals surface area contributed by atoms with Gasteiger partial charge in [0.15, 0.2) is 0 Å². The molecule has 0 saturated carbocycles. The number of carbonyl (C=O) groups excluding carboxylic acids is 2. The maximum Gasteiger partial charge on any atom is 0.242 e. The topological polar surface area (TPSA) is 76.5 Å². The van der Waals surface area contributed by atoms with E-state index in [2.05, 4.69) is 17.3 Å². The van der Waals surface area contributed by atoms with E-state index in [0.29, 0.717) is 12.3 Å². The zero-order chi connectivity index (χ0) is 19.6. The van der Waals surface area contributed by atoms with Crippen LogP contribution in [0.5, 0.6) is 5.75 Å². The second-order valence-electron chi connectivity index (χ2n) is 6.81. The molecule has 1 saturated heterocycles.